The minimum absolute atomic E-state index is 0.163. The van der Waals surface area contributed by atoms with Crippen LogP contribution in [0, 0.1) is 5.41 Å². The summed E-state index contributed by atoms with van der Waals surface area (Å²) < 4.78 is 0. The zero-order valence-corrected chi connectivity index (χ0v) is 14.0. The molecule has 2 N–H and O–H groups in total. The third-order valence-corrected chi connectivity index (χ3v) is 4.80. The smallest absolute Gasteiger partial charge is 0.223 e. The summed E-state index contributed by atoms with van der Waals surface area (Å²) in [7, 11) is 0. The fourth-order valence-electron chi connectivity index (χ4n) is 3.20. The van der Waals surface area contributed by atoms with Crippen molar-refractivity contribution in [3.05, 3.63) is 71.8 Å². The molecule has 2 aromatic carbocycles. The number of unbranched alkanes of at least 4 members (excludes halogenated alkanes) is 1. The van der Waals surface area contributed by atoms with E-state index in [1.54, 1.807) is 0 Å². The molecule has 0 bridgehead atoms. The van der Waals surface area contributed by atoms with E-state index >= 15 is 0 Å². The second-order valence-corrected chi connectivity index (χ2v) is 6.35. The average Bonchev–Trinajstić information content (AvgIpc) is 2.59. The number of primary amides is 1. The SMILES string of the molecule is CCC(CCCCc1ccccc1)(Cc1ccccc1)C(N)=O. The molecular formula is C21H27NO. The Hall–Kier alpha value is -2.09. The van der Waals surface area contributed by atoms with Crippen LogP contribution in [0.1, 0.15) is 43.7 Å². The van der Waals surface area contributed by atoms with Crippen LogP contribution in [0.25, 0.3) is 0 Å². The topological polar surface area (TPSA) is 43.1 Å². The van der Waals surface area contributed by atoms with Crippen LogP contribution < -0.4 is 5.73 Å². The Morgan fingerprint density at radius 1 is 0.913 bits per heavy atom. The summed E-state index contributed by atoms with van der Waals surface area (Å²) in [4.78, 5) is 12.1. The Balaban J connectivity index is 1.94. The molecule has 0 saturated heterocycles. The van der Waals surface area contributed by atoms with Crippen LogP contribution in [0.15, 0.2) is 60.7 Å². The summed E-state index contributed by atoms with van der Waals surface area (Å²) >= 11 is 0. The van der Waals surface area contributed by atoms with E-state index in [4.69, 9.17) is 5.73 Å². The normalized spacial score (nSPS) is 13.4. The number of nitrogens with two attached hydrogens (primary N) is 1. The van der Waals surface area contributed by atoms with E-state index < -0.39 is 5.41 Å². The Morgan fingerprint density at radius 2 is 1.48 bits per heavy atom. The molecule has 1 amide bonds. The number of carbonyl (C=O) groups is 1. The minimum atomic E-state index is -0.419. The van der Waals surface area contributed by atoms with E-state index in [0.717, 1.165) is 38.5 Å². The molecule has 2 aromatic rings. The first-order chi connectivity index (χ1) is 11.2. The van der Waals surface area contributed by atoms with Crippen molar-refractivity contribution < 1.29 is 4.79 Å². The molecule has 2 nitrogen and oxygen atoms in total. The Kier molecular flexibility index (Phi) is 6.40. The zero-order valence-electron chi connectivity index (χ0n) is 14.0. The number of aryl methyl sites for hydroxylation is 1. The van der Waals surface area contributed by atoms with E-state index in [9.17, 15) is 4.79 Å². The standard InChI is InChI=1S/C21H27NO/c1-2-21(20(22)23,17-19-14-7-4-8-15-19)16-10-9-13-18-11-5-3-6-12-18/h3-8,11-12,14-15H,2,9-10,13,16-17H2,1H3,(H2,22,23). The molecule has 0 aliphatic rings. The van der Waals surface area contributed by atoms with Crippen molar-refractivity contribution >= 4 is 5.91 Å². The van der Waals surface area contributed by atoms with Crippen LogP contribution in [0.2, 0.25) is 0 Å². The van der Waals surface area contributed by atoms with Gasteiger partial charge in [-0.3, -0.25) is 4.79 Å². The lowest BCUT2D eigenvalue weighted by Crippen LogP contribution is -2.38. The molecule has 0 aromatic heterocycles. The van der Waals surface area contributed by atoms with Gasteiger partial charge < -0.3 is 5.73 Å². The van der Waals surface area contributed by atoms with Crippen LogP contribution >= 0.6 is 0 Å². The largest absolute Gasteiger partial charge is 0.369 e. The molecule has 1 unspecified atom stereocenters. The van der Waals surface area contributed by atoms with Crippen LogP contribution in [-0.2, 0) is 17.6 Å². The maximum Gasteiger partial charge on any atom is 0.223 e. The Morgan fingerprint density at radius 3 is 2.00 bits per heavy atom. The second kappa shape index (κ2) is 8.52. The zero-order chi connectivity index (χ0) is 16.5. The van der Waals surface area contributed by atoms with Crippen molar-refractivity contribution in [3.8, 4) is 0 Å². The third kappa shape index (κ3) is 4.95. The minimum Gasteiger partial charge on any atom is -0.369 e. The lowest BCUT2D eigenvalue weighted by atomic mass is 9.74. The Labute approximate surface area is 139 Å². The highest BCUT2D eigenvalue weighted by Crippen LogP contribution is 2.33. The van der Waals surface area contributed by atoms with Gasteiger partial charge in [-0.2, -0.15) is 0 Å². The number of benzene rings is 2. The van der Waals surface area contributed by atoms with Crippen LogP contribution in [0.4, 0.5) is 0 Å². The molecule has 23 heavy (non-hydrogen) atoms. The van der Waals surface area contributed by atoms with Crippen LogP contribution in [-0.4, -0.2) is 5.91 Å². The molecule has 0 fully saturated rings. The predicted octanol–water partition coefficient (Wildman–Crippen LogP) is 4.52. The third-order valence-electron chi connectivity index (χ3n) is 4.80. The summed E-state index contributed by atoms with van der Waals surface area (Å²) in [5.41, 5.74) is 7.91. The molecule has 0 saturated carbocycles. The van der Waals surface area contributed by atoms with Crippen LogP contribution in [0.5, 0.6) is 0 Å². The van der Waals surface area contributed by atoms with E-state index in [1.807, 2.05) is 24.3 Å². The molecule has 0 heterocycles. The molecular weight excluding hydrogens is 282 g/mol. The van der Waals surface area contributed by atoms with E-state index in [1.165, 1.54) is 11.1 Å². The van der Waals surface area contributed by atoms with Gasteiger partial charge in [-0.1, -0.05) is 74.0 Å². The number of amides is 1. The highest BCUT2D eigenvalue weighted by Gasteiger charge is 2.34. The molecule has 2 heteroatoms. The van der Waals surface area contributed by atoms with Gasteiger partial charge in [-0.25, -0.2) is 0 Å². The summed E-state index contributed by atoms with van der Waals surface area (Å²) in [6, 6.07) is 20.7. The highest BCUT2D eigenvalue weighted by molar-refractivity contribution is 5.81. The van der Waals surface area contributed by atoms with Gasteiger partial charge in [0.25, 0.3) is 0 Å². The van der Waals surface area contributed by atoms with Gasteiger partial charge in [0.05, 0.1) is 5.41 Å². The quantitative estimate of drug-likeness (QED) is 0.680. The van der Waals surface area contributed by atoms with Crippen molar-refractivity contribution in [1.29, 1.82) is 0 Å². The first-order valence-corrected chi connectivity index (χ1v) is 8.54. The average molecular weight is 309 g/mol. The van der Waals surface area contributed by atoms with Crippen molar-refractivity contribution in [2.75, 3.05) is 0 Å². The van der Waals surface area contributed by atoms with Gasteiger partial charge in [-0.05, 0) is 43.2 Å². The predicted molar refractivity (Wildman–Crippen MR) is 96.1 cm³/mol. The first kappa shape index (κ1) is 17.3. The number of carbonyl (C=O) groups excluding carboxylic acids is 1. The molecule has 122 valence electrons. The van der Waals surface area contributed by atoms with Gasteiger partial charge in [0, 0.05) is 0 Å². The monoisotopic (exact) mass is 309 g/mol. The number of hydrogen-bond acceptors (Lipinski definition) is 1. The van der Waals surface area contributed by atoms with Gasteiger partial charge in [0.15, 0.2) is 0 Å². The van der Waals surface area contributed by atoms with Crippen molar-refractivity contribution in [3.63, 3.8) is 0 Å². The first-order valence-electron chi connectivity index (χ1n) is 8.54. The summed E-state index contributed by atoms with van der Waals surface area (Å²) in [5, 5.41) is 0. The van der Waals surface area contributed by atoms with E-state index in [2.05, 4.69) is 43.3 Å². The maximum absolute atomic E-state index is 12.1. The highest BCUT2D eigenvalue weighted by atomic mass is 16.1. The summed E-state index contributed by atoms with van der Waals surface area (Å²) in [6.07, 6.45) is 5.57. The molecule has 2 rings (SSSR count). The van der Waals surface area contributed by atoms with Gasteiger partial charge >= 0.3 is 0 Å². The molecule has 1 atom stereocenters. The molecule has 0 aliphatic heterocycles. The van der Waals surface area contributed by atoms with Crippen molar-refractivity contribution in [2.45, 2.75) is 45.4 Å². The lowest BCUT2D eigenvalue weighted by Gasteiger charge is -2.29. The van der Waals surface area contributed by atoms with E-state index in [0.29, 0.717) is 0 Å². The van der Waals surface area contributed by atoms with Gasteiger partial charge in [0.1, 0.15) is 0 Å². The molecule has 0 spiro atoms. The summed E-state index contributed by atoms with van der Waals surface area (Å²) in [5.74, 6) is -0.163. The lowest BCUT2D eigenvalue weighted by molar-refractivity contribution is -0.128. The Bertz CT molecular complexity index is 594. The van der Waals surface area contributed by atoms with Gasteiger partial charge in [-0.15, -0.1) is 0 Å². The number of hydrogen-bond donors (Lipinski definition) is 1. The molecule has 0 radical (unpaired) electrons. The maximum atomic E-state index is 12.1. The van der Waals surface area contributed by atoms with Crippen molar-refractivity contribution in [1.82, 2.24) is 0 Å². The van der Waals surface area contributed by atoms with E-state index in [-0.39, 0.29) is 5.91 Å². The summed E-state index contributed by atoms with van der Waals surface area (Å²) in [6.45, 7) is 2.07. The van der Waals surface area contributed by atoms with Gasteiger partial charge in [0.2, 0.25) is 5.91 Å². The van der Waals surface area contributed by atoms with Crippen LogP contribution in [0.3, 0.4) is 0 Å². The fourth-order valence-corrected chi connectivity index (χ4v) is 3.20. The molecule has 0 aliphatic carbocycles. The fraction of sp³-hybridized carbons (Fsp3) is 0.381. The second-order valence-electron chi connectivity index (χ2n) is 6.35. The van der Waals surface area contributed by atoms with Crippen molar-refractivity contribution in [2.24, 2.45) is 11.1 Å². The number of rotatable bonds is 9.